The third kappa shape index (κ3) is 2.45. The fourth-order valence-electron chi connectivity index (χ4n) is 4.25. The fraction of sp³-hybridized carbons (Fsp3) is 1.00. The second-order valence-corrected chi connectivity index (χ2v) is 6.50. The summed E-state index contributed by atoms with van der Waals surface area (Å²) in [5.41, 5.74) is 6.12. The molecule has 0 amide bonds. The summed E-state index contributed by atoms with van der Waals surface area (Å²) in [4.78, 5) is 2.75. The molecule has 3 nitrogen and oxygen atoms in total. The Labute approximate surface area is 111 Å². The Hall–Kier alpha value is -0.120. The highest BCUT2D eigenvalue weighted by molar-refractivity contribution is 4.98. The van der Waals surface area contributed by atoms with Gasteiger partial charge in [-0.05, 0) is 44.9 Å². The molecule has 1 heterocycles. The molecular formula is C15H28N2O. The van der Waals surface area contributed by atoms with E-state index in [4.69, 9.17) is 10.5 Å². The maximum absolute atomic E-state index is 6.06. The van der Waals surface area contributed by atoms with Crippen LogP contribution < -0.4 is 5.73 Å². The lowest BCUT2D eigenvalue weighted by Crippen LogP contribution is -2.54. The first-order valence-corrected chi connectivity index (χ1v) is 7.93. The zero-order valence-corrected chi connectivity index (χ0v) is 11.6. The van der Waals surface area contributed by atoms with Crippen LogP contribution in [0.1, 0.15) is 57.8 Å². The van der Waals surface area contributed by atoms with Crippen LogP contribution in [0.15, 0.2) is 0 Å². The van der Waals surface area contributed by atoms with E-state index >= 15 is 0 Å². The molecule has 0 aromatic rings. The maximum Gasteiger partial charge on any atom is 0.0697 e. The normalized spacial score (nSPS) is 32.0. The van der Waals surface area contributed by atoms with Crippen molar-refractivity contribution in [1.29, 1.82) is 0 Å². The summed E-state index contributed by atoms with van der Waals surface area (Å²) >= 11 is 0. The van der Waals surface area contributed by atoms with Crippen LogP contribution >= 0.6 is 0 Å². The van der Waals surface area contributed by atoms with Crippen molar-refractivity contribution in [1.82, 2.24) is 4.90 Å². The lowest BCUT2D eigenvalue weighted by molar-refractivity contribution is -0.151. The Morgan fingerprint density at radius 2 is 1.83 bits per heavy atom. The van der Waals surface area contributed by atoms with Gasteiger partial charge in [-0.25, -0.2) is 0 Å². The Morgan fingerprint density at radius 1 is 1.06 bits per heavy atom. The van der Waals surface area contributed by atoms with Crippen molar-refractivity contribution in [3.05, 3.63) is 0 Å². The van der Waals surface area contributed by atoms with E-state index in [2.05, 4.69) is 4.90 Å². The number of hydrogen-bond donors (Lipinski definition) is 1. The van der Waals surface area contributed by atoms with E-state index in [1.54, 1.807) is 0 Å². The number of rotatable bonds is 4. The van der Waals surface area contributed by atoms with Gasteiger partial charge in [-0.3, -0.25) is 4.90 Å². The smallest absolute Gasteiger partial charge is 0.0697 e. The van der Waals surface area contributed by atoms with Gasteiger partial charge >= 0.3 is 0 Å². The number of ether oxygens (including phenoxy) is 1. The predicted octanol–water partition coefficient (Wildman–Crippen LogP) is 2.29. The maximum atomic E-state index is 6.06. The Kier molecular flexibility index (Phi) is 3.92. The first kappa shape index (κ1) is 12.9. The molecule has 0 aromatic heterocycles. The third-order valence-electron chi connectivity index (χ3n) is 5.38. The summed E-state index contributed by atoms with van der Waals surface area (Å²) in [5.74, 6) is 0. The van der Waals surface area contributed by atoms with Gasteiger partial charge in [0.15, 0.2) is 0 Å². The zero-order chi connectivity index (χ0) is 12.4. The lowest BCUT2D eigenvalue weighted by Gasteiger charge is -2.50. The topological polar surface area (TPSA) is 38.5 Å². The van der Waals surface area contributed by atoms with Gasteiger partial charge in [0.2, 0.25) is 0 Å². The molecule has 0 radical (unpaired) electrons. The summed E-state index contributed by atoms with van der Waals surface area (Å²) in [6, 6.07) is 1.56. The first-order chi connectivity index (χ1) is 8.83. The van der Waals surface area contributed by atoms with E-state index < -0.39 is 0 Å². The van der Waals surface area contributed by atoms with Gasteiger partial charge < -0.3 is 10.5 Å². The molecule has 3 aliphatic rings. The summed E-state index contributed by atoms with van der Waals surface area (Å²) < 4.78 is 6.06. The van der Waals surface area contributed by atoms with Crippen molar-refractivity contribution in [3.8, 4) is 0 Å². The summed E-state index contributed by atoms with van der Waals surface area (Å²) in [6.07, 6.45) is 12.1. The van der Waals surface area contributed by atoms with E-state index in [1.807, 2.05) is 0 Å². The van der Waals surface area contributed by atoms with Crippen molar-refractivity contribution < 1.29 is 4.74 Å². The lowest BCUT2D eigenvalue weighted by atomic mass is 9.73. The minimum Gasteiger partial charge on any atom is -0.375 e. The van der Waals surface area contributed by atoms with Gasteiger partial charge in [0.1, 0.15) is 0 Å². The highest BCUT2D eigenvalue weighted by Gasteiger charge is 2.44. The molecule has 3 rings (SSSR count). The number of nitrogens with two attached hydrogens (primary N) is 1. The summed E-state index contributed by atoms with van der Waals surface area (Å²) in [7, 11) is 0. The van der Waals surface area contributed by atoms with Crippen LogP contribution in [-0.4, -0.2) is 42.3 Å². The fourth-order valence-corrected chi connectivity index (χ4v) is 4.25. The molecule has 0 aromatic carbocycles. The molecule has 0 bridgehead atoms. The largest absolute Gasteiger partial charge is 0.375 e. The molecule has 1 saturated heterocycles. The quantitative estimate of drug-likeness (QED) is 0.834. The molecule has 18 heavy (non-hydrogen) atoms. The van der Waals surface area contributed by atoms with Gasteiger partial charge in [-0.2, -0.15) is 0 Å². The second-order valence-electron chi connectivity index (χ2n) is 6.50. The van der Waals surface area contributed by atoms with Crippen molar-refractivity contribution in [2.24, 2.45) is 5.73 Å². The van der Waals surface area contributed by atoms with Crippen molar-refractivity contribution in [3.63, 3.8) is 0 Å². The van der Waals surface area contributed by atoms with Crippen LogP contribution in [0.25, 0.3) is 0 Å². The molecule has 2 aliphatic carbocycles. The van der Waals surface area contributed by atoms with E-state index in [9.17, 15) is 0 Å². The number of nitrogens with zero attached hydrogens (tertiary/aromatic N) is 1. The molecule has 3 heteroatoms. The Morgan fingerprint density at radius 3 is 2.44 bits per heavy atom. The predicted molar refractivity (Wildman–Crippen MR) is 73.6 cm³/mol. The van der Waals surface area contributed by atoms with E-state index in [0.717, 1.165) is 31.8 Å². The molecule has 1 aliphatic heterocycles. The third-order valence-corrected chi connectivity index (χ3v) is 5.38. The standard InChI is InChI=1S/C15H28N2O/c16-9-10-17(13-4-1-2-5-13)14-6-11-18-15(12-14)7-3-8-15/h13-14H,1-12,16H2. The molecule has 1 atom stereocenters. The van der Waals surface area contributed by atoms with Gasteiger partial charge in [0, 0.05) is 31.8 Å². The van der Waals surface area contributed by atoms with Crippen molar-refractivity contribution in [2.45, 2.75) is 75.5 Å². The highest BCUT2D eigenvalue weighted by Crippen LogP contribution is 2.44. The molecule has 1 unspecified atom stereocenters. The molecule has 1 spiro atoms. The minimum atomic E-state index is 0.272. The molecule has 3 fully saturated rings. The summed E-state index contributed by atoms with van der Waals surface area (Å²) in [6.45, 7) is 2.87. The SMILES string of the molecule is NCCN(C1CCCC1)C1CCOC2(CCC2)C1. The van der Waals surface area contributed by atoms with Crippen LogP contribution in [0, 0.1) is 0 Å². The first-order valence-electron chi connectivity index (χ1n) is 7.93. The van der Waals surface area contributed by atoms with Crippen LogP contribution in [-0.2, 0) is 4.74 Å². The van der Waals surface area contributed by atoms with Crippen molar-refractivity contribution in [2.75, 3.05) is 19.7 Å². The van der Waals surface area contributed by atoms with Crippen LogP contribution in [0.3, 0.4) is 0 Å². The average molecular weight is 252 g/mol. The van der Waals surface area contributed by atoms with Gasteiger partial charge in [0.25, 0.3) is 0 Å². The Bertz CT molecular complexity index is 272. The van der Waals surface area contributed by atoms with E-state index in [-0.39, 0.29) is 5.60 Å². The number of hydrogen-bond acceptors (Lipinski definition) is 3. The monoisotopic (exact) mass is 252 g/mol. The zero-order valence-electron chi connectivity index (χ0n) is 11.6. The van der Waals surface area contributed by atoms with Gasteiger partial charge in [-0.1, -0.05) is 12.8 Å². The molecule has 2 saturated carbocycles. The van der Waals surface area contributed by atoms with Gasteiger partial charge in [-0.15, -0.1) is 0 Å². The van der Waals surface area contributed by atoms with Crippen LogP contribution in [0.2, 0.25) is 0 Å². The molecular weight excluding hydrogens is 224 g/mol. The van der Waals surface area contributed by atoms with Crippen LogP contribution in [0.5, 0.6) is 0 Å². The molecule has 2 N–H and O–H groups in total. The van der Waals surface area contributed by atoms with Gasteiger partial charge in [0.05, 0.1) is 5.60 Å². The van der Waals surface area contributed by atoms with E-state index in [0.29, 0.717) is 0 Å². The average Bonchev–Trinajstić information content (AvgIpc) is 2.88. The minimum absolute atomic E-state index is 0.272. The van der Waals surface area contributed by atoms with E-state index in [1.165, 1.54) is 57.8 Å². The second kappa shape index (κ2) is 5.48. The highest BCUT2D eigenvalue weighted by atomic mass is 16.5. The van der Waals surface area contributed by atoms with Crippen LogP contribution in [0.4, 0.5) is 0 Å². The summed E-state index contributed by atoms with van der Waals surface area (Å²) in [5, 5.41) is 0. The Balaban J connectivity index is 1.65. The van der Waals surface area contributed by atoms with Crippen molar-refractivity contribution >= 4 is 0 Å². The molecule has 104 valence electrons.